The van der Waals surface area contributed by atoms with Crippen molar-refractivity contribution >= 4 is 44.7 Å². The van der Waals surface area contributed by atoms with Crippen molar-refractivity contribution in [3.05, 3.63) is 58.1 Å². The summed E-state index contributed by atoms with van der Waals surface area (Å²) in [5.74, 6) is -0.978. The molecular weight excluding hydrogens is 345 g/mol. The average molecular weight is 354 g/mol. The maximum absolute atomic E-state index is 12.8. The van der Waals surface area contributed by atoms with Gasteiger partial charge in [0.1, 0.15) is 16.5 Å². The molecule has 0 unspecified atom stereocenters. The molecule has 1 heterocycles. The monoisotopic (exact) mass is 353 g/mol. The zero-order valence-electron chi connectivity index (χ0n) is 10.1. The van der Waals surface area contributed by atoms with E-state index in [1.165, 1.54) is 6.07 Å². The fourth-order valence-corrected chi connectivity index (χ4v) is 2.07. The largest absolute Gasteiger partial charge is 0.389 e. The van der Waals surface area contributed by atoms with Crippen LogP contribution in [0.4, 0.5) is 10.1 Å². The van der Waals surface area contributed by atoms with Gasteiger partial charge in [0.05, 0.1) is 11.9 Å². The molecule has 0 saturated carbocycles. The minimum Gasteiger partial charge on any atom is -0.389 e. The number of nitrogens with one attached hydrogen (secondary N) is 1. The fourth-order valence-electron chi connectivity index (χ4n) is 1.53. The van der Waals surface area contributed by atoms with Gasteiger partial charge in [-0.15, -0.1) is 0 Å². The third-order valence-electron chi connectivity index (χ3n) is 2.46. The standard InChI is InChI=1S/C13H9BrFN3OS/c14-7-1-3-9(12(16)20)11(5-7)18-13(19)10-4-2-8(15)6-17-10/h1-6H,(H2,16,20)(H,18,19). The van der Waals surface area contributed by atoms with Crippen molar-refractivity contribution < 1.29 is 9.18 Å². The summed E-state index contributed by atoms with van der Waals surface area (Å²) in [6.07, 6.45) is 0.976. The summed E-state index contributed by atoms with van der Waals surface area (Å²) >= 11 is 8.23. The summed E-state index contributed by atoms with van der Waals surface area (Å²) in [7, 11) is 0. The quantitative estimate of drug-likeness (QED) is 0.832. The van der Waals surface area contributed by atoms with Crippen LogP contribution in [0.2, 0.25) is 0 Å². The van der Waals surface area contributed by atoms with Crippen molar-refractivity contribution in [3.63, 3.8) is 0 Å². The molecule has 102 valence electrons. The van der Waals surface area contributed by atoms with E-state index >= 15 is 0 Å². The fraction of sp³-hybridized carbons (Fsp3) is 0. The molecule has 2 rings (SSSR count). The zero-order valence-corrected chi connectivity index (χ0v) is 12.5. The topological polar surface area (TPSA) is 68.0 Å². The number of halogens is 2. The third kappa shape index (κ3) is 3.37. The molecule has 0 aliphatic carbocycles. The maximum atomic E-state index is 12.8. The average Bonchev–Trinajstić information content (AvgIpc) is 2.39. The third-order valence-corrected chi connectivity index (χ3v) is 3.17. The van der Waals surface area contributed by atoms with Gasteiger partial charge in [0.2, 0.25) is 0 Å². The summed E-state index contributed by atoms with van der Waals surface area (Å²) in [6, 6.07) is 7.59. The van der Waals surface area contributed by atoms with Gasteiger partial charge in [-0.1, -0.05) is 28.1 Å². The second kappa shape index (κ2) is 6.06. The minimum absolute atomic E-state index is 0.0975. The van der Waals surface area contributed by atoms with Crippen LogP contribution < -0.4 is 11.1 Å². The van der Waals surface area contributed by atoms with E-state index in [0.29, 0.717) is 11.3 Å². The molecule has 3 N–H and O–H groups in total. The number of rotatable bonds is 3. The van der Waals surface area contributed by atoms with Gasteiger partial charge in [0.25, 0.3) is 5.91 Å². The molecule has 0 bridgehead atoms. The number of benzene rings is 1. The highest BCUT2D eigenvalue weighted by Gasteiger charge is 2.12. The lowest BCUT2D eigenvalue weighted by Gasteiger charge is -2.10. The van der Waals surface area contributed by atoms with Crippen molar-refractivity contribution in [2.45, 2.75) is 0 Å². The lowest BCUT2D eigenvalue weighted by molar-refractivity contribution is 0.102. The van der Waals surface area contributed by atoms with Crippen LogP contribution in [0, 0.1) is 5.82 Å². The summed E-state index contributed by atoms with van der Waals surface area (Å²) in [5, 5.41) is 2.65. The van der Waals surface area contributed by atoms with Crippen LogP contribution in [0.1, 0.15) is 16.1 Å². The van der Waals surface area contributed by atoms with Crippen LogP contribution in [0.3, 0.4) is 0 Å². The van der Waals surface area contributed by atoms with Crippen LogP contribution >= 0.6 is 28.1 Å². The Hall–Kier alpha value is -1.86. The van der Waals surface area contributed by atoms with E-state index in [1.54, 1.807) is 18.2 Å². The van der Waals surface area contributed by atoms with Gasteiger partial charge in [-0.05, 0) is 30.3 Å². The number of carbonyl (C=O) groups is 1. The number of thiocarbonyl (C=S) groups is 1. The molecule has 1 aromatic heterocycles. The summed E-state index contributed by atoms with van der Waals surface area (Å²) in [5.41, 5.74) is 6.70. The van der Waals surface area contributed by atoms with Crippen LogP contribution in [0.5, 0.6) is 0 Å². The van der Waals surface area contributed by atoms with Gasteiger partial charge in [-0.2, -0.15) is 0 Å². The van der Waals surface area contributed by atoms with Crippen molar-refractivity contribution in [3.8, 4) is 0 Å². The SMILES string of the molecule is NC(=S)c1ccc(Br)cc1NC(=O)c1ccc(F)cn1. The molecule has 0 spiro atoms. The summed E-state index contributed by atoms with van der Waals surface area (Å²) in [6.45, 7) is 0. The van der Waals surface area contributed by atoms with Crippen molar-refractivity contribution in [1.29, 1.82) is 0 Å². The van der Waals surface area contributed by atoms with Gasteiger partial charge in [0, 0.05) is 10.0 Å². The van der Waals surface area contributed by atoms with Gasteiger partial charge in [0.15, 0.2) is 0 Å². The van der Waals surface area contributed by atoms with Crippen molar-refractivity contribution in [2.24, 2.45) is 5.73 Å². The highest BCUT2D eigenvalue weighted by molar-refractivity contribution is 9.10. The second-order valence-corrected chi connectivity index (χ2v) is 5.23. The first-order chi connectivity index (χ1) is 9.47. The van der Waals surface area contributed by atoms with Crippen LogP contribution in [-0.4, -0.2) is 15.9 Å². The lowest BCUT2D eigenvalue weighted by Crippen LogP contribution is -2.18. The number of pyridine rings is 1. The van der Waals surface area contributed by atoms with E-state index in [2.05, 4.69) is 26.2 Å². The molecular formula is C13H9BrFN3OS. The predicted molar refractivity (Wildman–Crippen MR) is 82.2 cm³/mol. The van der Waals surface area contributed by atoms with E-state index in [1.807, 2.05) is 0 Å². The summed E-state index contributed by atoms with van der Waals surface area (Å²) in [4.78, 5) is 15.9. The Balaban J connectivity index is 2.29. The number of hydrogen-bond acceptors (Lipinski definition) is 3. The lowest BCUT2D eigenvalue weighted by atomic mass is 10.1. The van der Waals surface area contributed by atoms with Gasteiger partial charge < -0.3 is 11.1 Å². The first-order valence-electron chi connectivity index (χ1n) is 5.49. The molecule has 0 fully saturated rings. The number of amides is 1. The number of aromatic nitrogens is 1. The highest BCUT2D eigenvalue weighted by atomic mass is 79.9. The van der Waals surface area contributed by atoms with Crippen LogP contribution in [-0.2, 0) is 0 Å². The van der Waals surface area contributed by atoms with E-state index < -0.39 is 11.7 Å². The van der Waals surface area contributed by atoms with Gasteiger partial charge in [-0.3, -0.25) is 4.79 Å². The Morgan fingerprint density at radius 2 is 2.10 bits per heavy atom. The second-order valence-electron chi connectivity index (χ2n) is 3.87. The molecule has 0 saturated heterocycles. The molecule has 1 aromatic carbocycles. The number of hydrogen-bond donors (Lipinski definition) is 2. The molecule has 0 atom stereocenters. The predicted octanol–water partition coefficient (Wildman–Crippen LogP) is 2.87. The smallest absolute Gasteiger partial charge is 0.274 e. The normalized spacial score (nSPS) is 10.1. The number of anilines is 1. The Morgan fingerprint density at radius 3 is 2.70 bits per heavy atom. The van der Waals surface area contributed by atoms with Crippen molar-refractivity contribution in [1.82, 2.24) is 4.98 Å². The Kier molecular flexibility index (Phi) is 4.41. The minimum atomic E-state index is -0.507. The molecule has 0 radical (unpaired) electrons. The first kappa shape index (κ1) is 14.5. The number of nitrogens with zero attached hydrogens (tertiary/aromatic N) is 1. The van der Waals surface area contributed by atoms with Crippen LogP contribution in [0.15, 0.2) is 41.0 Å². The number of carbonyl (C=O) groups excluding carboxylic acids is 1. The van der Waals surface area contributed by atoms with E-state index in [4.69, 9.17) is 18.0 Å². The highest BCUT2D eigenvalue weighted by Crippen LogP contribution is 2.22. The molecule has 4 nitrogen and oxygen atoms in total. The van der Waals surface area contributed by atoms with Crippen molar-refractivity contribution in [2.75, 3.05) is 5.32 Å². The molecule has 0 aliphatic heterocycles. The zero-order chi connectivity index (χ0) is 14.7. The molecule has 20 heavy (non-hydrogen) atoms. The van der Waals surface area contributed by atoms with Crippen LogP contribution in [0.25, 0.3) is 0 Å². The van der Waals surface area contributed by atoms with E-state index in [9.17, 15) is 9.18 Å². The molecule has 0 aliphatic rings. The Morgan fingerprint density at radius 1 is 1.35 bits per heavy atom. The van der Waals surface area contributed by atoms with Gasteiger partial charge in [-0.25, -0.2) is 9.37 Å². The van der Waals surface area contributed by atoms with Gasteiger partial charge >= 0.3 is 0 Å². The Bertz CT molecular complexity index is 676. The first-order valence-corrected chi connectivity index (χ1v) is 6.70. The number of nitrogens with two attached hydrogens (primary N) is 1. The molecule has 2 aromatic rings. The maximum Gasteiger partial charge on any atom is 0.274 e. The Labute approximate surface area is 128 Å². The van der Waals surface area contributed by atoms with E-state index in [-0.39, 0.29) is 10.7 Å². The van der Waals surface area contributed by atoms with E-state index in [0.717, 1.165) is 16.7 Å². The molecule has 1 amide bonds. The summed E-state index contributed by atoms with van der Waals surface area (Å²) < 4.78 is 13.5. The molecule has 7 heteroatoms.